The molecule has 2 aromatic rings. The molecule has 2 N–H and O–H groups in total. The first-order valence-corrected chi connectivity index (χ1v) is 10.5. The third-order valence-corrected chi connectivity index (χ3v) is 5.47. The van der Waals surface area contributed by atoms with Crippen molar-refractivity contribution in [1.82, 2.24) is 0 Å². The summed E-state index contributed by atoms with van der Waals surface area (Å²) in [7, 11) is -3.75. The van der Waals surface area contributed by atoms with E-state index in [1.807, 2.05) is 12.1 Å². The number of allylic oxidation sites excluding steroid dienone is 1. The SMILES string of the molecule is CCCc1ccc(S(=O)(=O)Nc2ccc(Cl)cc2C=CCCC(=O)O)cc1. The number of hydrogen-bond donors (Lipinski definition) is 2. The lowest BCUT2D eigenvalue weighted by Crippen LogP contribution is -2.13. The highest BCUT2D eigenvalue weighted by Gasteiger charge is 2.15. The maximum atomic E-state index is 12.7. The molecule has 0 bridgehead atoms. The summed E-state index contributed by atoms with van der Waals surface area (Å²) < 4.78 is 27.9. The molecule has 5 nitrogen and oxygen atoms in total. The van der Waals surface area contributed by atoms with Gasteiger partial charge < -0.3 is 5.11 Å². The minimum Gasteiger partial charge on any atom is -0.481 e. The zero-order valence-electron chi connectivity index (χ0n) is 15.0. The normalized spacial score (nSPS) is 11.6. The Morgan fingerprint density at radius 2 is 1.89 bits per heavy atom. The minimum atomic E-state index is -3.75. The Labute approximate surface area is 164 Å². The summed E-state index contributed by atoms with van der Waals surface area (Å²) in [5.74, 6) is -0.891. The molecule has 7 heteroatoms. The third-order valence-electron chi connectivity index (χ3n) is 3.85. The highest BCUT2D eigenvalue weighted by atomic mass is 35.5. The van der Waals surface area contributed by atoms with Crippen LogP contribution in [0.25, 0.3) is 6.08 Å². The Kier molecular flexibility index (Phi) is 7.45. The fourth-order valence-corrected chi connectivity index (χ4v) is 3.78. The quantitative estimate of drug-likeness (QED) is 0.614. The fraction of sp³-hybridized carbons (Fsp3) is 0.250. The van der Waals surface area contributed by atoms with Crippen molar-refractivity contribution in [2.24, 2.45) is 0 Å². The number of nitrogens with one attached hydrogen (secondary N) is 1. The van der Waals surface area contributed by atoms with Crippen LogP contribution in [0.5, 0.6) is 0 Å². The number of anilines is 1. The second kappa shape index (κ2) is 9.58. The molecule has 0 radical (unpaired) electrons. The largest absolute Gasteiger partial charge is 0.481 e. The fourth-order valence-electron chi connectivity index (χ4n) is 2.51. The van der Waals surface area contributed by atoms with Crippen molar-refractivity contribution in [2.75, 3.05) is 4.72 Å². The van der Waals surface area contributed by atoms with E-state index >= 15 is 0 Å². The molecular formula is C20H22ClNO4S. The number of rotatable bonds is 9. The van der Waals surface area contributed by atoms with Crippen LogP contribution in [0.3, 0.4) is 0 Å². The van der Waals surface area contributed by atoms with Crippen LogP contribution in [0.15, 0.2) is 53.4 Å². The molecule has 2 aromatic carbocycles. The van der Waals surface area contributed by atoms with Crippen molar-refractivity contribution in [3.05, 3.63) is 64.7 Å². The van der Waals surface area contributed by atoms with Gasteiger partial charge in [-0.25, -0.2) is 8.42 Å². The van der Waals surface area contributed by atoms with Crippen molar-refractivity contribution in [3.8, 4) is 0 Å². The summed E-state index contributed by atoms with van der Waals surface area (Å²) in [6.45, 7) is 2.07. The summed E-state index contributed by atoms with van der Waals surface area (Å²) in [6.07, 6.45) is 5.58. The minimum absolute atomic E-state index is 0.00222. The molecule has 0 spiro atoms. The van der Waals surface area contributed by atoms with E-state index in [-0.39, 0.29) is 11.3 Å². The van der Waals surface area contributed by atoms with Gasteiger partial charge in [0.05, 0.1) is 10.6 Å². The Bertz CT molecular complexity index is 921. The number of sulfonamides is 1. The molecule has 0 fully saturated rings. The number of aliphatic carboxylic acids is 1. The van der Waals surface area contributed by atoms with Crippen LogP contribution in [0.4, 0.5) is 5.69 Å². The smallest absolute Gasteiger partial charge is 0.303 e. The van der Waals surface area contributed by atoms with E-state index in [1.165, 1.54) is 0 Å². The Morgan fingerprint density at radius 1 is 1.19 bits per heavy atom. The molecule has 0 aliphatic heterocycles. The molecule has 27 heavy (non-hydrogen) atoms. The first-order chi connectivity index (χ1) is 12.8. The monoisotopic (exact) mass is 407 g/mol. The number of carbonyl (C=O) groups is 1. The lowest BCUT2D eigenvalue weighted by molar-refractivity contribution is -0.136. The van der Waals surface area contributed by atoms with E-state index in [4.69, 9.17) is 16.7 Å². The van der Waals surface area contributed by atoms with Crippen molar-refractivity contribution in [2.45, 2.75) is 37.5 Å². The number of hydrogen-bond acceptors (Lipinski definition) is 3. The van der Waals surface area contributed by atoms with E-state index in [9.17, 15) is 13.2 Å². The van der Waals surface area contributed by atoms with Gasteiger partial charge >= 0.3 is 5.97 Å². The van der Waals surface area contributed by atoms with Gasteiger partial charge in [-0.05, 0) is 54.3 Å². The first-order valence-electron chi connectivity index (χ1n) is 8.61. The van der Waals surface area contributed by atoms with Gasteiger partial charge in [-0.2, -0.15) is 0 Å². The molecular weight excluding hydrogens is 386 g/mol. The number of carboxylic acids is 1. The van der Waals surface area contributed by atoms with Gasteiger partial charge in [0.15, 0.2) is 0 Å². The molecule has 0 aliphatic carbocycles. The lowest BCUT2D eigenvalue weighted by atomic mass is 10.1. The maximum absolute atomic E-state index is 12.7. The summed E-state index contributed by atoms with van der Waals surface area (Å²) in [5, 5.41) is 9.15. The molecule has 144 valence electrons. The average molecular weight is 408 g/mol. The highest BCUT2D eigenvalue weighted by Crippen LogP contribution is 2.25. The molecule has 0 aliphatic rings. The number of benzene rings is 2. The first kappa shape index (κ1) is 21.0. The van der Waals surface area contributed by atoms with E-state index in [0.29, 0.717) is 22.7 Å². The number of aryl methyl sites for hydroxylation is 1. The molecule has 0 atom stereocenters. The van der Waals surface area contributed by atoms with Crippen molar-refractivity contribution in [3.63, 3.8) is 0 Å². The Balaban J connectivity index is 2.23. The Morgan fingerprint density at radius 3 is 2.52 bits per heavy atom. The van der Waals surface area contributed by atoms with Crippen molar-refractivity contribution >= 4 is 39.4 Å². The maximum Gasteiger partial charge on any atom is 0.303 e. The molecule has 0 heterocycles. The number of halogens is 1. The standard InChI is InChI=1S/C20H22ClNO4S/c1-2-5-15-8-11-18(12-9-15)27(25,26)22-19-13-10-17(21)14-16(19)6-3-4-7-20(23)24/h3,6,8-14,22H,2,4-5,7H2,1H3,(H,23,24). The van der Waals surface area contributed by atoms with Crippen molar-refractivity contribution < 1.29 is 18.3 Å². The second-order valence-corrected chi connectivity index (χ2v) is 8.18. The molecule has 0 saturated carbocycles. The lowest BCUT2D eigenvalue weighted by Gasteiger charge is -2.12. The van der Waals surface area contributed by atoms with Gasteiger partial charge in [-0.15, -0.1) is 0 Å². The van der Waals surface area contributed by atoms with Crippen LogP contribution in [0.1, 0.15) is 37.3 Å². The van der Waals surface area contributed by atoms with Crippen LogP contribution in [-0.2, 0) is 21.2 Å². The summed E-state index contributed by atoms with van der Waals surface area (Å²) >= 11 is 6.01. The summed E-state index contributed by atoms with van der Waals surface area (Å²) in [4.78, 5) is 10.8. The molecule has 0 unspecified atom stereocenters. The van der Waals surface area contributed by atoms with E-state index in [1.54, 1.807) is 42.5 Å². The van der Waals surface area contributed by atoms with E-state index in [0.717, 1.165) is 18.4 Å². The Hall–Kier alpha value is -2.31. The predicted molar refractivity (Wildman–Crippen MR) is 109 cm³/mol. The van der Waals surface area contributed by atoms with Gasteiger partial charge in [0.2, 0.25) is 0 Å². The zero-order valence-corrected chi connectivity index (χ0v) is 16.6. The van der Waals surface area contributed by atoms with Gasteiger partial charge in [-0.3, -0.25) is 9.52 Å². The van der Waals surface area contributed by atoms with E-state index < -0.39 is 16.0 Å². The summed E-state index contributed by atoms with van der Waals surface area (Å²) in [5.41, 5.74) is 2.03. The molecule has 0 amide bonds. The van der Waals surface area contributed by atoms with E-state index in [2.05, 4.69) is 11.6 Å². The highest BCUT2D eigenvalue weighted by molar-refractivity contribution is 7.92. The number of carboxylic acid groups (broad SMARTS) is 1. The molecule has 2 rings (SSSR count). The predicted octanol–water partition coefficient (Wildman–Crippen LogP) is 4.97. The zero-order chi connectivity index (χ0) is 19.9. The van der Waals surface area contributed by atoms with Gasteiger partial charge in [0.25, 0.3) is 10.0 Å². The topological polar surface area (TPSA) is 83.5 Å². The average Bonchev–Trinajstić information content (AvgIpc) is 2.61. The third kappa shape index (κ3) is 6.41. The van der Waals surface area contributed by atoms with Gasteiger partial charge in [0, 0.05) is 11.4 Å². The van der Waals surface area contributed by atoms with Crippen LogP contribution >= 0.6 is 11.6 Å². The van der Waals surface area contributed by atoms with Crippen molar-refractivity contribution in [1.29, 1.82) is 0 Å². The van der Waals surface area contributed by atoms with Crippen LogP contribution < -0.4 is 4.72 Å². The van der Waals surface area contributed by atoms with Gasteiger partial charge in [-0.1, -0.05) is 49.2 Å². The van der Waals surface area contributed by atoms with Crippen LogP contribution in [0, 0.1) is 0 Å². The molecule has 0 aromatic heterocycles. The second-order valence-electron chi connectivity index (χ2n) is 6.07. The summed E-state index contributed by atoms with van der Waals surface area (Å²) in [6, 6.07) is 11.6. The molecule has 0 saturated heterocycles. The van der Waals surface area contributed by atoms with Crippen LogP contribution in [-0.4, -0.2) is 19.5 Å². The van der Waals surface area contributed by atoms with Crippen LogP contribution in [0.2, 0.25) is 5.02 Å². The van der Waals surface area contributed by atoms with Gasteiger partial charge in [0.1, 0.15) is 0 Å².